The second kappa shape index (κ2) is 8.61. The summed E-state index contributed by atoms with van der Waals surface area (Å²) in [5.41, 5.74) is 14.2. The minimum absolute atomic E-state index is 0.0445. The van der Waals surface area contributed by atoms with Crippen LogP contribution in [0.1, 0.15) is 35.3 Å². The van der Waals surface area contributed by atoms with Crippen molar-refractivity contribution >= 4 is 40.5 Å². The number of carbonyl (C=O) groups excluding carboxylic acids is 1. The molecule has 5 N–H and O–H groups in total. The molecule has 1 unspecified atom stereocenters. The molecule has 3 heterocycles. The van der Waals surface area contributed by atoms with Gasteiger partial charge in [0.1, 0.15) is 6.04 Å². The van der Waals surface area contributed by atoms with E-state index in [-0.39, 0.29) is 17.7 Å². The Bertz CT molecular complexity index is 1170. The molecule has 1 amide bonds. The highest BCUT2D eigenvalue weighted by Crippen LogP contribution is 2.22. The Balaban J connectivity index is 1.48. The summed E-state index contributed by atoms with van der Waals surface area (Å²) in [7, 11) is 1.89. The third kappa shape index (κ3) is 4.22. The molecule has 0 spiro atoms. The predicted octanol–water partition coefficient (Wildman–Crippen LogP) is 1.30. The number of benzene rings is 1. The van der Waals surface area contributed by atoms with Crippen LogP contribution >= 0.6 is 0 Å². The van der Waals surface area contributed by atoms with Gasteiger partial charge in [-0.1, -0.05) is 0 Å². The van der Waals surface area contributed by atoms with E-state index in [2.05, 4.69) is 19.9 Å². The van der Waals surface area contributed by atoms with E-state index in [9.17, 15) is 14.7 Å². The number of fused-ring (bicyclic) bond motifs is 1. The first-order chi connectivity index (χ1) is 15.3. The Hall–Kier alpha value is -4.02. The summed E-state index contributed by atoms with van der Waals surface area (Å²) < 4.78 is 0. The number of rotatable bonds is 5. The maximum absolute atomic E-state index is 12.9. The Morgan fingerprint density at radius 2 is 1.91 bits per heavy atom. The van der Waals surface area contributed by atoms with E-state index in [0.717, 1.165) is 18.5 Å². The molecule has 1 saturated heterocycles. The zero-order valence-corrected chi connectivity index (χ0v) is 17.6. The molecule has 0 radical (unpaired) electrons. The van der Waals surface area contributed by atoms with Gasteiger partial charge in [0.15, 0.2) is 17.0 Å². The number of hydrogen-bond donors (Lipinski definition) is 3. The van der Waals surface area contributed by atoms with Gasteiger partial charge in [-0.15, -0.1) is 0 Å². The third-order valence-electron chi connectivity index (χ3n) is 5.50. The van der Waals surface area contributed by atoms with E-state index < -0.39 is 12.0 Å². The molecule has 1 atom stereocenters. The number of likely N-dealkylation sites (tertiary alicyclic amines) is 1. The third-order valence-corrected chi connectivity index (χ3v) is 5.50. The Morgan fingerprint density at radius 1 is 1.16 bits per heavy atom. The molecule has 0 bridgehead atoms. The van der Waals surface area contributed by atoms with E-state index in [4.69, 9.17) is 11.5 Å². The summed E-state index contributed by atoms with van der Waals surface area (Å²) in [5.74, 6) is -1.01. The maximum atomic E-state index is 12.9. The Labute approximate surface area is 184 Å². The first kappa shape index (κ1) is 21.2. The van der Waals surface area contributed by atoms with Crippen LogP contribution in [0.4, 0.5) is 17.5 Å². The van der Waals surface area contributed by atoms with Crippen LogP contribution in [-0.2, 0) is 11.3 Å². The lowest BCUT2D eigenvalue weighted by atomic mass is 10.0. The van der Waals surface area contributed by atoms with Crippen molar-refractivity contribution in [2.45, 2.75) is 31.8 Å². The number of carboxylic acids is 1. The van der Waals surface area contributed by atoms with Crippen LogP contribution in [0.2, 0.25) is 0 Å². The fourth-order valence-electron chi connectivity index (χ4n) is 3.85. The van der Waals surface area contributed by atoms with Gasteiger partial charge in [-0.05, 0) is 43.5 Å². The van der Waals surface area contributed by atoms with Crippen LogP contribution in [-0.4, -0.2) is 61.5 Å². The van der Waals surface area contributed by atoms with E-state index in [1.165, 1.54) is 4.90 Å². The lowest BCUT2D eigenvalue weighted by Gasteiger charge is -2.33. The SMILES string of the molecule is CN(Cc1cnc2nc(N)nc(N)c2n1)c1ccc(C(=O)N2CCCCC2C(=O)O)cc1. The predicted molar refractivity (Wildman–Crippen MR) is 119 cm³/mol. The van der Waals surface area contributed by atoms with Crippen LogP contribution in [0, 0.1) is 0 Å². The summed E-state index contributed by atoms with van der Waals surface area (Å²) in [6, 6.07) is 6.29. The van der Waals surface area contributed by atoms with E-state index in [1.54, 1.807) is 18.3 Å². The van der Waals surface area contributed by atoms with E-state index in [0.29, 0.717) is 41.9 Å². The van der Waals surface area contributed by atoms with Crippen molar-refractivity contribution in [2.24, 2.45) is 0 Å². The van der Waals surface area contributed by atoms with Crippen LogP contribution in [0.25, 0.3) is 11.2 Å². The number of amides is 1. The first-order valence-corrected chi connectivity index (χ1v) is 10.2. The first-order valence-electron chi connectivity index (χ1n) is 10.2. The smallest absolute Gasteiger partial charge is 0.326 e. The second-order valence-corrected chi connectivity index (χ2v) is 7.75. The number of aliphatic carboxylic acids is 1. The molecule has 1 aliphatic rings. The number of hydrogen-bond acceptors (Lipinski definition) is 9. The standard InChI is InChI=1S/C21H24N8O3/c1-28(11-13-10-24-18-16(25-13)17(22)26-21(23)27-18)14-7-5-12(6-8-14)19(30)29-9-3-2-4-15(29)20(31)32/h5-8,10,15H,2-4,9,11H2,1H3,(H,31,32)(H4,22,23,24,26,27). The minimum atomic E-state index is -0.959. The molecule has 0 saturated carbocycles. The van der Waals surface area contributed by atoms with E-state index >= 15 is 0 Å². The van der Waals surface area contributed by atoms with Gasteiger partial charge >= 0.3 is 5.97 Å². The van der Waals surface area contributed by atoms with E-state index in [1.807, 2.05) is 24.1 Å². The Kier molecular flexibility index (Phi) is 5.71. The quantitative estimate of drug-likeness (QED) is 0.531. The van der Waals surface area contributed by atoms with Crippen molar-refractivity contribution in [3.05, 3.63) is 41.7 Å². The molecule has 1 fully saturated rings. The summed E-state index contributed by atoms with van der Waals surface area (Å²) >= 11 is 0. The maximum Gasteiger partial charge on any atom is 0.326 e. The van der Waals surface area contributed by atoms with Crippen molar-refractivity contribution < 1.29 is 14.7 Å². The van der Waals surface area contributed by atoms with Crippen molar-refractivity contribution in [1.29, 1.82) is 0 Å². The van der Waals surface area contributed by atoms with Crippen molar-refractivity contribution in [3.8, 4) is 0 Å². The van der Waals surface area contributed by atoms with Crippen molar-refractivity contribution in [3.63, 3.8) is 0 Å². The summed E-state index contributed by atoms with van der Waals surface area (Å²) in [6.07, 6.45) is 3.71. The largest absolute Gasteiger partial charge is 0.480 e. The summed E-state index contributed by atoms with van der Waals surface area (Å²) in [6.45, 7) is 0.893. The molecule has 166 valence electrons. The van der Waals surface area contributed by atoms with Gasteiger partial charge in [0, 0.05) is 24.8 Å². The van der Waals surface area contributed by atoms with Crippen LogP contribution in [0.5, 0.6) is 0 Å². The lowest BCUT2D eigenvalue weighted by molar-refractivity contribution is -0.143. The number of anilines is 3. The topological polar surface area (TPSA) is 164 Å². The number of carbonyl (C=O) groups is 2. The normalized spacial score (nSPS) is 16.2. The van der Waals surface area contributed by atoms with Crippen molar-refractivity contribution in [1.82, 2.24) is 24.8 Å². The monoisotopic (exact) mass is 436 g/mol. The minimum Gasteiger partial charge on any atom is -0.480 e. The molecule has 4 rings (SSSR count). The summed E-state index contributed by atoms with van der Waals surface area (Å²) in [4.78, 5) is 44.5. The molecule has 1 aliphatic heterocycles. The molecule has 11 nitrogen and oxygen atoms in total. The van der Waals surface area contributed by atoms with Crippen molar-refractivity contribution in [2.75, 3.05) is 30.0 Å². The molecule has 2 aromatic heterocycles. The number of piperidine rings is 1. The number of nitrogen functional groups attached to an aromatic ring is 2. The van der Waals surface area contributed by atoms with Gasteiger partial charge in [-0.3, -0.25) is 4.79 Å². The molecule has 11 heteroatoms. The highest BCUT2D eigenvalue weighted by Gasteiger charge is 2.32. The van der Waals surface area contributed by atoms with Gasteiger partial charge < -0.3 is 26.4 Å². The molecule has 0 aliphatic carbocycles. The number of nitrogens with zero attached hydrogens (tertiary/aromatic N) is 6. The fraction of sp³-hybridized carbons (Fsp3) is 0.333. The van der Waals surface area contributed by atoms with Gasteiger partial charge in [-0.25, -0.2) is 14.8 Å². The van der Waals surface area contributed by atoms with Gasteiger partial charge in [0.25, 0.3) is 5.91 Å². The van der Waals surface area contributed by atoms with Gasteiger partial charge in [0.05, 0.1) is 18.4 Å². The fourth-order valence-corrected chi connectivity index (χ4v) is 3.85. The van der Waals surface area contributed by atoms with Crippen LogP contribution in [0.3, 0.4) is 0 Å². The number of nitrogens with two attached hydrogens (primary N) is 2. The zero-order chi connectivity index (χ0) is 22.8. The van der Waals surface area contributed by atoms with Gasteiger partial charge in [0.2, 0.25) is 5.95 Å². The number of aromatic nitrogens is 4. The van der Waals surface area contributed by atoms with Crippen LogP contribution < -0.4 is 16.4 Å². The molecule has 3 aromatic rings. The van der Waals surface area contributed by atoms with Crippen LogP contribution in [0.15, 0.2) is 30.5 Å². The highest BCUT2D eigenvalue weighted by molar-refractivity contribution is 5.97. The average Bonchev–Trinajstić information content (AvgIpc) is 2.79. The highest BCUT2D eigenvalue weighted by atomic mass is 16.4. The van der Waals surface area contributed by atoms with Gasteiger partial charge in [-0.2, -0.15) is 9.97 Å². The molecular formula is C21H24N8O3. The average molecular weight is 436 g/mol. The lowest BCUT2D eigenvalue weighted by Crippen LogP contribution is -2.47. The Morgan fingerprint density at radius 3 is 2.62 bits per heavy atom. The second-order valence-electron chi connectivity index (χ2n) is 7.75. The molecule has 32 heavy (non-hydrogen) atoms. The number of carboxylic acid groups (broad SMARTS) is 1. The zero-order valence-electron chi connectivity index (χ0n) is 17.6. The molecule has 1 aromatic carbocycles. The molecular weight excluding hydrogens is 412 g/mol. The summed E-state index contributed by atoms with van der Waals surface area (Å²) in [5, 5.41) is 9.42.